The maximum Gasteiger partial charge on any atom is 0.357 e. The molecule has 0 unspecified atom stereocenters. The number of imidazole rings is 1. The quantitative estimate of drug-likeness (QED) is 0.356. The van der Waals surface area contributed by atoms with E-state index in [0.717, 1.165) is 21.5 Å². The third kappa shape index (κ3) is 4.34. The molecule has 4 rings (SSSR count). The highest BCUT2D eigenvalue weighted by molar-refractivity contribution is 7.14. The number of nitrogens with one attached hydrogen (secondary N) is 2. The van der Waals surface area contributed by atoms with E-state index < -0.39 is 23.6 Å². The van der Waals surface area contributed by atoms with Gasteiger partial charge in [-0.05, 0) is 17.0 Å². The zero-order valence-corrected chi connectivity index (χ0v) is 18.4. The number of hydrogen-bond acceptors (Lipinski definition) is 8. The third-order valence-electron chi connectivity index (χ3n) is 4.69. The number of rotatable bonds is 7. The first kappa shape index (κ1) is 21.5. The molecule has 164 valence electrons. The minimum absolute atomic E-state index is 0.0639. The van der Waals surface area contributed by atoms with Gasteiger partial charge in [-0.2, -0.15) is 0 Å². The maximum absolute atomic E-state index is 13.2. The number of amides is 1. The average molecular weight is 471 g/mol. The minimum Gasteiger partial charge on any atom is -0.493 e. The van der Waals surface area contributed by atoms with E-state index >= 15 is 0 Å². The molecule has 0 aliphatic carbocycles. The Labute approximate surface area is 190 Å². The molecule has 32 heavy (non-hydrogen) atoms. The standard InChI is InChI=1S/C21H18N4O5S2/c1-30-19(28)13-11-32-20(22-13)24-17(26)14(10-12-6-3-2-4-7-12)25-18(27)16(23-21(25)29)15-8-5-9-31-15/h2-9,11,14,27H,10H2,1H3,(H,23,29)(H,22,24,26)/t14-/m0/s1. The number of anilines is 1. The van der Waals surface area contributed by atoms with Gasteiger partial charge in [-0.25, -0.2) is 19.1 Å². The Morgan fingerprint density at radius 3 is 2.69 bits per heavy atom. The van der Waals surface area contributed by atoms with Gasteiger partial charge in [0, 0.05) is 11.8 Å². The smallest absolute Gasteiger partial charge is 0.357 e. The predicted octanol–water partition coefficient (Wildman–Crippen LogP) is 3.28. The summed E-state index contributed by atoms with van der Waals surface area (Å²) < 4.78 is 5.66. The van der Waals surface area contributed by atoms with E-state index in [4.69, 9.17) is 0 Å². The molecule has 0 fully saturated rings. The Hall–Kier alpha value is -3.70. The number of hydrogen-bond donors (Lipinski definition) is 3. The van der Waals surface area contributed by atoms with E-state index in [1.54, 1.807) is 12.1 Å². The van der Waals surface area contributed by atoms with Crippen molar-refractivity contribution in [2.24, 2.45) is 0 Å². The number of carbonyl (C=O) groups is 2. The summed E-state index contributed by atoms with van der Waals surface area (Å²) in [5.41, 5.74) is 0.496. The lowest BCUT2D eigenvalue weighted by molar-refractivity contribution is -0.119. The molecule has 11 heteroatoms. The number of aromatic hydroxyl groups is 1. The minimum atomic E-state index is -1.07. The van der Waals surface area contributed by atoms with Crippen LogP contribution in [-0.4, -0.2) is 38.6 Å². The fraction of sp³-hybridized carbons (Fsp3) is 0.143. The molecule has 4 aromatic rings. The molecule has 0 radical (unpaired) electrons. The van der Waals surface area contributed by atoms with E-state index in [0.29, 0.717) is 4.88 Å². The number of esters is 1. The number of ether oxygens (including phenoxy) is 1. The average Bonchev–Trinajstić information content (AvgIpc) is 3.54. The van der Waals surface area contributed by atoms with Crippen LogP contribution in [0.5, 0.6) is 5.88 Å². The number of methoxy groups -OCH3 is 1. The van der Waals surface area contributed by atoms with Gasteiger partial charge in [0.1, 0.15) is 11.7 Å². The lowest BCUT2D eigenvalue weighted by Gasteiger charge is -2.18. The normalized spacial score (nSPS) is 11.8. The van der Waals surface area contributed by atoms with Crippen molar-refractivity contribution in [1.82, 2.24) is 14.5 Å². The summed E-state index contributed by atoms with van der Waals surface area (Å²) in [6, 6.07) is 11.6. The molecule has 3 N–H and O–H groups in total. The summed E-state index contributed by atoms with van der Waals surface area (Å²) in [4.78, 5) is 45.0. The summed E-state index contributed by atoms with van der Waals surface area (Å²) in [7, 11) is 1.24. The molecule has 3 aromatic heterocycles. The molecule has 9 nitrogen and oxygen atoms in total. The van der Waals surface area contributed by atoms with Crippen LogP contribution in [0.15, 0.2) is 58.0 Å². The Morgan fingerprint density at radius 2 is 2.00 bits per heavy atom. The summed E-state index contributed by atoms with van der Waals surface area (Å²) in [5.74, 6) is -1.51. The van der Waals surface area contributed by atoms with Gasteiger partial charge < -0.3 is 20.1 Å². The van der Waals surface area contributed by atoms with Gasteiger partial charge in [-0.3, -0.25) is 4.79 Å². The Kier molecular flexibility index (Phi) is 6.19. The highest BCUT2D eigenvalue weighted by Gasteiger charge is 2.29. The molecule has 0 bridgehead atoms. The highest BCUT2D eigenvalue weighted by Crippen LogP contribution is 2.32. The lowest BCUT2D eigenvalue weighted by Crippen LogP contribution is -2.33. The lowest BCUT2D eigenvalue weighted by atomic mass is 10.1. The molecular weight excluding hydrogens is 452 g/mol. The van der Waals surface area contributed by atoms with E-state index in [1.165, 1.54) is 23.8 Å². The maximum atomic E-state index is 13.2. The van der Waals surface area contributed by atoms with Crippen LogP contribution in [0.2, 0.25) is 0 Å². The second kappa shape index (κ2) is 9.20. The molecule has 0 aliphatic heterocycles. The van der Waals surface area contributed by atoms with Crippen LogP contribution in [0.25, 0.3) is 10.6 Å². The molecular formula is C21H18N4O5S2. The van der Waals surface area contributed by atoms with Gasteiger partial charge in [0.2, 0.25) is 11.8 Å². The van der Waals surface area contributed by atoms with Gasteiger partial charge in [0.05, 0.1) is 12.0 Å². The van der Waals surface area contributed by atoms with Crippen molar-refractivity contribution >= 4 is 39.7 Å². The Morgan fingerprint density at radius 1 is 1.22 bits per heavy atom. The van der Waals surface area contributed by atoms with Crippen LogP contribution in [0, 0.1) is 0 Å². The van der Waals surface area contributed by atoms with Crippen molar-refractivity contribution in [1.29, 1.82) is 0 Å². The van der Waals surface area contributed by atoms with Gasteiger partial charge >= 0.3 is 11.7 Å². The van der Waals surface area contributed by atoms with Gasteiger partial charge in [0.15, 0.2) is 10.8 Å². The van der Waals surface area contributed by atoms with Crippen LogP contribution in [0.3, 0.4) is 0 Å². The number of H-pyrrole nitrogens is 1. The van der Waals surface area contributed by atoms with Crippen LogP contribution in [-0.2, 0) is 16.0 Å². The molecule has 3 heterocycles. The monoisotopic (exact) mass is 470 g/mol. The van der Waals surface area contributed by atoms with Crippen molar-refractivity contribution < 1.29 is 19.4 Å². The molecule has 0 aliphatic rings. The molecule has 0 saturated heterocycles. The van der Waals surface area contributed by atoms with E-state index in [2.05, 4.69) is 20.0 Å². The largest absolute Gasteiger partial charge is 0.493 e. The number of aromatic amines is 1. The van der Waals surface area contributed by atoms with Crippen molar-refractivity contribution in [3.63, 3.8) is 0 Å². The third-order valence-corrected chi connectivity index (χ3v) is 6.33. The summed E-state index contributed by atoms with van der Waals surface area (Å²) in [5, 5.41) is 16.9. The molecule has 1 amide bonds. The Bertz CT molecular complexity index is 1290. The van der Waals surface area contributed by atoms with Crippen LogP contribution in [0.4, 0.5) is 5.13 Å². The number of benzene rings is 1. The molecule has 1 aromatic carbocycles. The van der Waals surface area contributed by atoms with Crippen LogP contribution in [0.1, 0.15) is 22.1 Å². The van der Waals surface area contributed by atoms with Crippen molar-refractivity contribution in [2.75, 3.05) is 12.4 Å². The zero-order chi connectivity index (χ0) is 22.7. The summed E-state index contributed by atoms with van der Waals surface area (Å²) in [6.07, 6.45) is 0.150. The Balaban J connectivity index is 1.70. The van der Waals surface area contributed by atoms with Crippen molar-refractivity contribution in [2.45, 2.75) is 12.5 Å². The fourth-order valence-electron chi connectivity index (χ4n) is 3.18. The van der Waals surface area contributed by atoms with Gasteiger partial charge in [0.25, 0.3) is 0 Å². The number of thiazole rings is 1. The second-order valence-corrected chi connectivity index (χ2v) is 8.51. The van der Waals surface area contributed by atoms with Gasteiger partial charge in [-0.1, -0.05) is 36.4 Å². The van der Waals surface area contributed by atoms with Crippen LogP contribution >= 0.6 is 22.7 Å². The first-order chi connectivity index (χ1) is 15.5. The number of aromatic nitrogens is 3. The van der Waals surface area contributed by atoms with Crippen LogP contribution < -0.4 is 11.0 Å². The number of carbonyl (C=O) groups excluding carboxylic acids is 2. The molecule has 0 spiro atoms. The molecule has 1 atom stereocenters. The number of nitrogens with zero attached hydrogens (tertiary/aromatic N) is 2. The molecule has 0 saturated carbocycles. The summed E-state index contributed by atoms with van der Waals surface area (Å²) >= 11 is 2.40. The van der Waals surface area contributed by atoms with E-state index in [9.17, 15) is 19.5 Å². The first-order valence-corrected chi connectivity index (χ1v) is 11.2. The first-order valence-electron chi connectivity index (χ1n) is 9.44. The SMILES string of the molecule is COC(=O)c1csc(NC(=O)[C@H](Cc2ccccc2)n2c(O)c(-c3cccs3)[nH]c2=O)n1. The van der Waals surface area contributed by atoms with Gasteiger partial charge in [-0.15, -0.1) is 22.7 Å². The van der Waals surface area contributed by atoms with E-state index in [1.807, 2.05) is 35.7 Å². The highest BCUT2D eigenvalue weighted by atomic mass is 32.1. The zero-order valence-electron chi connectivity index (χ0n) is 16.8. The topological polar surface area (TPSA) is 126 Å². The second-order valence-electron chi connectivity index (χ2n) is 6.70. The van der Waals surface area contributed by atoms with E-state index in [-0.39, 0.29) is 28.8 Å². The summed E-state index contributed by atoms with van der Waals surface area (Å²) in [6.45, 7) is 0. The predicted molar refractivity (Wildman–Crippen MR) is 121 cm³/mol. The fourth-order valence-corrected chi connectivity index (χ4v) is 4.58. The van der Waals surface area contributed by atoms with Crippen molar-refractivity contribution in [3.05, 3.63) is 75.0 Å². The van der Waals surface area contributed by atoms with Crippen molar-refractivity contribution in [3.8, 4) is 16.5 Å². The number of thiophene rings is 1.